The fourth-order valence-electron chi connectivity index (χ4n) is 6.31. The van der Waals surface area contributed by atoms with Crippen molar-refractivity contribution in [3.63, 3.8) is 0 Å². The highest BCUT2D eigenvalue weighted by Crippen LogP contribution is 2.61. The Hall–Kier alpha value is -3.82. The zero-order chi connectivity index (χ0) is 22.4. The second-order valence-corrected chi connectivity index (χ2v) is 9.89. The van der Waals surface area contributed by atoms with Crippen molar-refractivity contribution in [2.75, 3.05) is 0 Å². The number of nitrogens with zero attached hydrogens (tertiary/aromatic N) is 1. The number of hydrogen-bond donors (Lipinski definition) is 0. The summed E-state index contributed by atoms with van der Waals surface area (Å²) in [6.45, 7) is 0. The Morgan fingerprint density at radius 2 is 1.26 bits per heavy atom. The van der Waals surface area contributed by atoms with Gasteiger partial charge in [-0.3, -0.25) is 0 Å². The fraction of sp³-hybridized carbons (Fsp3) is 0.0323. The largest absolute Gasteiger partial charge is 0.455 e. The number of rotatable bonds is 0. The zero-order valence-corrected chi connectivity index (χ0v) is 19.7. The Morgan fingerprint density at radius 1 is 0.588 bits per heavy atom. The van der Waals surface area contributed by atoms with E-state index in [0.717, 1.165) is 21.5 Å². The first kappa shape index (κ1) is 18.6. The molecule has 6 aromatic rings. The van der Waals surface area contributed by atoms with E-state index in [9.17, 15) is 0 Å². The summed E-state index contributed by atoms with van der Waals surface area (Å²) in [6.07, 6.45) is 0. The topological polar surface area (TPSA) is 14.2 Å². The molecule has 1 spiro atoms. The van der Waals surface area contributed by atoms with Crippen LogP contribution >= 0.6 is 15.9 Å². The molecule has 1 atom stereocenters. The van der Waals surface area contributed by atoms with Crippen molar-refractivity contribution in [1.29, 1.82) is 0 Å². The molecule has 5 aromatic carbocycles. The lowest BCUT2D eigenvalue weighted by Crippen LogP contribution is -2.37. The third-order valence-corrected chi connectivity index (χ3v) is 8.15. The van der Waals surface area contributed by atoms with Gasteiger partial charge in [0.2, 0.25) is 0 Å². The van der Waals surface area contributed by atoms with Crippen molar-refractivity contribution in [2.45, 2.75) is 5.41 Å². The molecule has 0 saturated heterocycles. The molecule has 1 aromatic heterocycles. The number of ether oxygens (including phenoxy) is 1. The number of benzene rings is 5. The summed E-state index contributed by atoms with van der Waals surface area (Å²) in [6, 6.07) is 39.3. The standard InChI is InChI=1S/C31H18BrNO/c32-25-15-8-14-24-30(25)34-28-18-6-3-12-22(28)31(24)21-11-2-5-17-27(21)33-26-16-4-1-9-19(26)20-10-7-13-23(31)29(20)33/h1-18H. The minimum atomic E-state index is -0.492. The van der Waals surface area contributed by atoms with Crippen LogP contribution in [-0.4, -0.2) is 4.57 Å². The fourth-order valence-corrected chi connectivity index (χ4v) is 6.76. The Labute approximate surface area is 205 Å². The van der Waals surface area contributed by atoms with Crippen LogP contribution in [0.4, 0.5) is 0 Å². The SMILES string of the molecule is Brc1cccc2c1Oc1ccccc1C21c2ccccc2-n2c3ccccc3c3cccc1c32. The van der Waals surface area contributed by atoms with Crippen LogP contribution in [0.1, 0.15) is 22.3 Å². The number of hydrogen-bond acceptors (Lipinski definition) is 1. The van der Waals surface area contributed by atoms with Gasteiger partial charge in [0.15, 0.2) is 0 Å². The molecule has 2 aliphatic heterocycles. The predicted octanol–water partition coefficient (Wildman–Crippen LogP) is 8.35. The predicted molar refractivity (Wildman–Crippen MR) is 140 cm³/mol. The monoisotopic (exact) mass is 499 g/mol. The summed E-state index contributed by atoms with van der Waals surface area (Å²) >= 11 is 3.79. The highest BCUT2D eigenvalue weighted by atomic mass is 79.9. The molecule has 0 aliphatic carbocycles. The van der Waals surface area contributed by atoms with Crippen molar-refractivity contribution < 1.29 is 4.74 Å². The van der Waals surface area contributed by atoms with E-state index < -0.39 is 5.41 Å². The molecular weight excluding hydrogens is 482 g/mol. The molecule has 0 N–H and O–H groups in total. The molecule has 3 heteroatoms. The Bertz CT molecular complexity index is 1810. The lowest BCUT2D eigenvalue weighted by molar-refractivity contribution is 0.431. The third-order valence-electron chi connectivity index (χ3n) is 7.52. The van der Waals surface area contributed by atoms with Crippen LogP contribution < -0.4 is 4.74 Å². The van der Waals surface area contributed by atoms with E-state index in [-0.39, 0.29) is 0 Å². The molecule has 0 radical (unpaired) electrons. The lowest BCUT2D eigenvalue weighted by Gasteiger charge is -2.45. The van der Waals surface area contributed by atoms with Gasteiger partial charge in [-0.25, -0.2) is 0 Å². The molecule has 8 rings (SSSR count). The van der Waals surface area contributed by atoms with Crippen LogP contribution in [0, 0.1) is 0 Å². The van der Waals surface area contributed by atoms with Gasteiger partial charge in [0.25, 0.3) is 0 Å². The molecular formula is C31H18BrNO. The summed E-state index contributed by atoms with van der Waals surface area (Å²) in [4.78, 5) is 0. The van der Waals surface area contributed by atoms with Crippen LogP contribution in [0.5, 0.6) is 11.5 Å². The number of fused-ring (bicyclic) bond motifs is 11. The summed E-state index contributed by atoms with van der Waals surface area (Å²) in [7, 11) is 0. The van der Waals surface area contributed by atoms with E-state index >= 15 is 0 Å². The molecule has 1 unspecified atom stereocenters. The summed E-state index contributed by atoms with van der Waals surface area (Å²) in [5, 5.41) is 2.56. The molecule has 34 heavy (non-hydrogen) atoms. The van der Waals surface area contributed by atoms with Crippen LogP contribution in [0.25, 0.3) is 27.5 Å². The highest BCUT2D eigenvalue weighted by molar-refractivity contribution is 9.10. The molecule has 0 saturated carbocycles. The van der Waals surface area contributed by atoms with Gasteiger partial charge in [0.05, 0.1) is 26.6 Å². The maximum absolute atomic E-state index is 6.54. The highest BCUT2D eigenvalue weighted by Gasteiger charge is 2.50. The van der Waals surface area contributed by atoms with Crippen molar-refractivity contribution in [3.8, 4) is 17.2 Å². The third kappa shape index (κ3) is 2.03. The normalized spacial score (nSPS) is 17.3. The van der Waals surface area contributed by atoms with Gasteiger partial charge >= 0.3 is 0 Å². The van der Waals surface area contributed by atoms with Crippen molar-refractivity contribution in [3.05, 3.63) is 136 Å². The van der Waals surface area contributed by atoms with Crippen molar-refractivity contribution >= 4 is 37.7 Å². The molecule has 0 fully saturated rings. The molecule has 0 amide bonds. The first-order valence-corrected chi connectivity index (χ1v) is 12.3. The number of aromatic nitrogens is 1. The molecule has 3 heterocycles. The summed E-state index contributed by atoms with van der Waals surface area (Å²) < 4.78 is 9.96. The van der Waals surface area contributed by atoms with Gasteiger partial charge in [0, 0.05) is 21.9 Å². The van der Waals surface area contributed by atoms with E-state index in [4.69, 9.17) is 4.74 Å². The Morgan fingerprint density at radius 3 is 2.21 bits per heavy atom. The average molecular weight is 500 g/mol. The van der Waals surface area contributed by atoms with E-state index in [1.165, 1.54) is 44.2 Å². The maximum atomic E-state index is 6.54. The lowest BCUT2D eigenvalue weighted by atomic mass is 9.62. The molecule has 2 nitrogen and oxygen atoms in total. The summed E-state index contributed by atoms with van der Waals surface area (Å²) in [5.74, 6) is 1.79. The van der Waals surface area contributed by atoms with Gasteiger partial charge < -0.3 is 9.30 Å². The van der Waals surface area contributed by atoms with Crippen LogP contribution in [0.15, 0.2) is 114 Å². The summed E-state index contributed by atoms with van der Waals surface area (Å²) in [5.41, 5.74) is 8.13. The van der Waals surface area contributed by atoms with Crippen LogP contribution in [0.2, 0.25) is 0 Å². The van der Waals surface area contributed by atoms with Crippen LogP contribution in [-0.2, 0) is 5.41 Å². The molecule has 160 valence electrons. The zero-order valence-electron chi connectivity index (χ0n) is 18.1. The van der Waals surface area contributed by atoms with E-state index in [2.05, 4.69) is 130 Å². The number of halogens is 1. The second kappa shape index (κ2) is 6.40. The Kier molecular flexibility index (Phi) is 3.50. The smallest absolute Gasteiger partial charge is 0.146 e. The Balaban J connectivity index is 1.70. The minimum absolute atomic E-state index is 0.492. The molecule has 2 aliphatic rings. The quantitative estimate of drug-likeness (QED) is 0.204. The van der Waals surface area contributed by atoms with Gasteiger partial charge in [-0.15, -0.1) is 0 Å². The minimum Gasteiger partial charge on any atom is -0.455 e. The first-order chi connectivity index (χ1) is 16.8. The average Bonchev–Trinajstić information content (AvgIpc) is 3.23. The molecule has 0 bridgehead atoms. The maximum Gasteiger partial charge on any atom is 0.146 e. The van der Waals surface area contributed by atoms with Gasteiger partial charge in [-0.05, 0) is 51.3 Å². The van der Waals surface area contributed by atoms with Gasteiger partial charge in [-0.1, -0.05) is 84.9 Å². The first-order valence-electron chi connectivity index (χ1n) is 11.5. The number of para-hydroxylation sites is 5. The van der Waals surface area contributed by atoms with Crippen LogP contribution in [0.3, 0.4) is 0 Å². The van der Waals surface area contributed by atoms with E-state index in [0.29, 0.717) is 0 Å². The van der Waals surface area contributed by atoms with E-state index in [1.54, 1.807) is 0 Å². The van der Waals surface area contributed by atoms with E-state index in [1.807, 2.05) is 0 Å². The van der Waals surface area contributed by atoms with Crippen molar-refractivity contribution in [2.24, 2.45) is 0 Å². The van der Waals surface area contributed by atoms with Crippen molar-refractivity contribution in [1.82, 2.24) is 4.57 Å². The van der Waals surface area contributed by atoms with Gasteiger partial charge in [0.1, 0.15) is 11.5 Å². The second-order valence-electron chi connectivity index (χ2n) is 9.04. The van der Waals surface area contributed by atoms with Gasteiger partial charge in [-0.2, -0.15) is 0 Å².